The number of anilines is 1. The molecule has 0 atom stereocenters. The molecule has 1 aliphatic rings. The van der Waals surface area contributed by atoms with E-state index in [0.717, 1.165) is 12.8 Å². The molecule has 1 amide bonds. The molecule has 2 N–H and O–H groups in total. The van der Waals surface area contributed by atoms with Crippen LogP contribution in [0.15, 0.2) is 18.2 Å². The van der Waals surface area contributed by atoms with Gasteiger partial charge in [0.1, 0.15) is 5.82 Å². The van der Waals surface area contributed by atoms with Crippen molar-refractivity contribution in [3.63, 3.8) is 0 Å². The highest BCUT2D eigenvalue weighted by Crippen LogP contribution is 2.44. The monoisotopic (exact) mass is 313 g/mol. The number of halogens is 2. The maximum atomic E-state index is 13.6. The van der Waals surface area contributed by atoms with Crippen LogP contribution in [0.3, 0.4) is 0 Å². The number of amides is 1. The smallest absolute Gasteiger partial charge is 0.303 e. The summed E-state index contributed by atoms with van der Waals surface area (Å²) in [5.74, 6) is -1.84. The van der Waals surface area contributed by atoms with Crippen molar-refractivity contribution in [2.24, 2.45) is 5.41 Å². The van der Waals surface area contributed by atoms with E-state index in [1.54, 1.807) is 0 Å². The van der Waals surface area contributed by atoms with Gasteiger partial charge in [0.05, 0.1) is 12.1 Å². The molecule has 6 heteroatoms. The van der Waals surface area contributed by atoms with Gasteiger partial charge in [0.15, 0.2) is 0 Å². The molecule has 1 aromatic carbocycles. The predicted molar refractivity (Wildman–Crippen MR) is 77.8 cm³/mol. The van der Waals surface area contributed by atoms with E-state index in [1.807, 2.05) is 0 Å². The van der Waals surface area contributed by atoms with Gasteiger partial charge in [0, 0.05) is 11.4 Å². The lowest BCUT2D eigenvalue weighted by atomic mass is 9.79. The first-order chi connectivity index (χ1) is 9.90. The van der Waals surface area contributed by atoms with E-state index in [9.17, 15) is 14.0 Å². The highest BCUT2D eigenvalue weighted by Gasteiger charge is 2.38. The van der Waals surface area contributed by atoms with Crippen LogP contribution in [-0.4, -0.2) is 17.0 Å². The summed E-state index contributed by atoms with van der Waals surface area (Å²) >= 11 is 5.77. The molecule has 1 aliphatic carbocycles. The molecule has 0 bridgehead atoms. The average molecular weight is 314 g/mol. The maximum Gasteiger partial charge on any atom is 0.303 e. The molecule has 0 heterocycles. The Balaban J connectivity index is 2.06. The minimum absolute atomic E-state index is 0.0240. The number of carboxylic acid groups (broad SMARTS) is 1. The molecule has 114 valence electrons. The summed E-state index contributed by atoms with van der Waals surface area (Å²) in [5, 5.41) is 11.8. The highest BCUT2D eigenvalue weighted by atomic mass is 35.5. The largest absolute Gasteiger partial charge is 0.481 e. The van der Waals surface area contributed by atoms with Gasteiger partial charge in [0.2, 0.25) is 5.91 Å². The van der Waals surface area contributed by atoms with Crippen molar-refractivity contribution >= 4 is 29.2 Å². The lowest BCUT2D eigenvalue weighted by molar-refractivity contribution is -0.140. The maximum absolute atomic E-state index is 13.6. The minimum Gasteiger partial charge on any atom is -0.481 e. The van der Waals surface area contributed by atoms with E-state index in [0.29, 0.717) is 17.9 Å². The molecule has 21 heavy (non-hydrogen) atoms. The number of carboxylic acids is 1. The molecule has 1 aromatic rings. The Morgan fingerprint density at radius 1 is 1.29 bits per heavy atom. The Bertz CT molecular complexity index is 556. The third-order valence-corrected chi connectivity index (χ3v) is 4.16. The summed E-state index contributed by atoms with van der Waals surface area (Å²) < 4.78 is 13.6. The van der Waals surface area contributed by atoms with Gasteiger partial charge in [0.25, 0.3) is 0 Å². The summed E-state index contributed by atoms with van der Waals surface area (Å²) in [7, 11) is 0. The quantitative estimate of drug-likeness (QED) is 0.868. The number of carbonyl (C=O) groups is 2. The number of rotatable bonds is 5. The van der Waals surface area contributed by atoms with Gasteiger partial charge in [-0.3, -0.25) is 9.59 Å². The van der Waals surface area contributed by atoms with E-state index in [2.05, 4.69) is 5.32 Å². The zero-order chi connectivity index (χ0) is 15.5. The Hall–Kier alpha value is -1.62. The summed E-state index contributed by atoms with van der Waals surface area (Å²) in [6.07, 6.45) is 3.33. The van der Waals surface area contributed by atoms with E-state index in [1.165, 1.54) is 18.2 Å². The molecular weight excluding hydrogens is 297 g/mol. The van der Waals surface area contributed by atoms with E-state index < -0.39 is 17.2 Å². The zero-order valence-electron chi connectivity index (χ0n) is 11.5. The van der Waals surface area contributed by atoms with E-state index in [-0.39, 0.29) is 24.4 Å². The minimum atomic E-state index is -0.904. The summed E-state index contributed by atoms with van der Waals surface area (Å²) in [5.41, 5.74) is -0.485. The normalized spacial score (nSPS) is 16.7. The lowest BCUT2D eigenvalue weighted by Gasteiger charge is -2.26. The molecule has 0 aliphatic heterocycles. The van der Waals surface area contributed by atoms with Crippen molar-refractivity contribution < 1.29 is 19.1 Å². The summed E-state index contributed by atoms with van der Waals surface area (Å²) in [4.78, 5) is 23.1. The Labute approximate surface area is 127 Å². The standard InChI is InChI=1S/C15H17ClFNO3/c16-10-3-4-11(17)12(7-10)18-13(19)8-15(9-14(20)21)5-1-2-6-15/h3-4,7H,1-2,5-6,8-9H2,(H,18,19)(H,20,21). The predicted octanol–water partition coefficient (Wildman–Crippen LogP) is 3.84. The molecule has 4 nitrogen and oxygen atoms in total. The van der Waals surface area contributed by atoms with Gasteiger partial charge in [-0.05, 0) is 36.5 Å². The van der Waals surface area contributed by atoms with Crippen molar-refractivity contribution in [1.29, 1.82) is 0 Å². The number of carbonyl (C=O) groups excluding carboxylic acids is 1. The third-order valence-electron chi connectivity index (χ3n) is 3.93. The zero-order valence-corrected chi connectivity index (χ0v) is 12.3. The molecule has 0 spiro atoms. The molecule has 2 rings (SSSR count). The van der Waals surface area contributed by atoms with Crippen LogP contribution >= 0.6 is 11.6 Å². The number of hydrogen-bond donors (Lipinski definition) is 2. The van der Waals surface area contributed by atoms with Crippen LogP contribution in [0.2, 0.25) is 5.02 Å². The van der Waals surface area contributed by atoms with Crippen LogP contribution in [0.25, 0.3) is 0 Å². The molecule has 0 saturated heterocycles. The second-order valence-electron chi connectivity index (χ2n) is 5.63. The molecule has 0 unspecified atom stereocenters. The van der Waals surface area contributed by atoms with E-state index >= 15 is 0 Å². The van der Waals surface area contributed by atoms with Gasteiger partial charge >= 0.3 is 5.97 Å². The van der Waals surface area contributed by atoms with E-state index in [4.69, 9.17) is 16.7 Å². The van der Waals surface area contributed by atoms with Crippen LogP contribution in [0.1, 0.15) is 38.5 Å². The van der Waals surface area contributed by atoms with Crippen molar-refractivity contribution in [2.75, 3.05) is 5.32 Å². The Kier molecular flexibility index (Phi) is 4.83. The fourth-order valence-corrected chi connectivity index (χ4v) is 3.16. The summed E-state index contributed by atoms with van der Waals surface area (Å²) in [6.45, 7) is 0. The van der Waals surface area contributed by atoms with Crippen molar-refractivity contribution in [3.8, 4) is 0 Å². The molecular formula is C15H17ClFNO3. The molecule has 0 aromatic heterocycles. The second kappa shape index (κ2) is 6.43. The number of aliphatic carboxylic acids is 1. The van der Waals surface area contributed by atoms with Crippen LogP contribution in [0, 0.1) is 11.2 Å². The topological polar surface area (TPSA) is 66.4 Å². The van der Waals surface area contributed by atoms with Gasteiger partial charge in [-0.2, -0.15) is 0 Å². The molecule has 1 saturated carbocycles. The SMILES string of the molecule is O=C(O)CC1(CC(=O)Nc2cc(Cl)ccc2F)CCCC1. The van der Waals surface area contributed by atoms with Gasteiger partial charge in [-0.15, -0.1) is 0 Å². The first-order valence-corrected chi connectivity index (χ1v) is 7.25. The van der Waals surface area contributed by atoms with Gasteiger partial charge in [-0.25, -0.2) is 4.39 Å². The van der Waals surface area contributed by atoms with Crippen molar-refractivity contribution in [2.45, 2.75) is 38.5 Å². The molecule has 0 radical (unpaired) electrons. The fourth-order valence-electron chi connectivity index (χ4n) is 2.99. The van der Waals surface area contributed by atoms with Crippen LogP contribution in [0.4, 0.5) is 10.1 Å². The number of nitrogens with one attached hydrogen (secondary N) is 1. The van der Waals surface area contributed by atoms with Crippen molar-refractivity contribution in [1.82, 2.24) is 0 Å². The fraction of sp³-hybridized carbons (Fsp3) is 0.467. The Morgan fingerprint density at radius 2 is 1.95 bits per heavy atom. The third kappa shape index (κ3) is 4.17. The number of hydrogen-bond acceptors (Lipinski definition) is 2. The lowest BCUT2D eigenvalue weighted by Crippen LogP contribution is -2.28. The summed E-state index contributed by atoms with van der Waals surface area (Å²) in [6, 6.07) is 3.92. The highest BCUT2D eigenvalue weighted by molar-refractivity contribution is 6.30. The first-order valence-electron chi connectivity index (χ1n) is 6.87. The average Bonchev–Trinajstić information content (AvgIpc) is 2.80. The van der Waals surface area contributed by atoms with Gasteiger partial charge in [-0.1, -0.05) is 24.4 Å². The Morgan fingerprint density at radius 3 is 2.57 bits per heavy atom. The van der Waals surface area contributed by atoms with Gasteiger partial charge < -0.3 is 10.4 Å². The van der Waals surface area contributed by atoms with Crippen LogP contribution in [0.5, 0.6) is 0 Å². The van der Waals surface area contributed by atoms with Crippen molar-refractivity contribution in [3.05, 3.63) is 29.0 Å². The molecule has 1 fully saturated rings. The number of benzene rings is 1. The van der Waals surface area contributed by atoms with Crippen LogP contribution < -0.4 is 5.32 Å². The first kappa shape index (κ1) is 15.8. The second-order valence-corrected chi connectivity index (χ2v) is 6.06. The van der Waals surface area contributed by atoms with Crippen LogP contribution in [-0.2, 0) is 9.59 Å².